The van der Waals surface area contributed by atoms with E-state index < -0.39 is 11.7 Å². The third kappa shape index (κ3) is 4.03. The number of amides is 1. The van der Waals surface area contributed by atoms with E-state index in [-0.39, 0.29) is 11.3 Å². The van der Waals surface area contributed by atoms with E-state index in [4.69, 9.17) is 4.74 Å². The minimum absolute atomic E-state index is 0.223. The molecule has 2 saturated heterocycles. The van der Waals surface area contributed by atoms with E-state index in [0.717, 1.165) is 52.5 Å². The van der Waals surface area contributed by atoms with Crippen molar-refractivity contribution >= 4 is 5.91 Å². The number of benzene rings is 1. The van der Waals surface area contributed by atoms with Gasteiger partial charge in [0.2, 0.25) is 0 Å². The van der Waals surface area contributed by atoms with Crippen LogP contribution in [-0.2, 0) is 4.74 Å². The lowest BCUT2D eigenvalue weighted by Crippen LogP contribution is -2.51. The van der Waals surface area contributed by atoms with Gasteiger partial charge in [-0.3, -0.25) is 14.6 Å². The molecule has 0 radical (unpaired) electrons. The van der Waals surface area contributed by atoms with Crippen LogP contribution in [0.5, 0.6) is 5.75 Å². The van der Waals surface area contributed by atoms with Gasteiger partial charge in [-0.25, -0.2) is 4.39 Å². The fraction of sp³-hybridized carbons (Fsp3) is 0.588. The Morgan fingerprint density at radius 1 is 1.04 bits per heavy atom. The highest BCUT2D eigenvalue weighted by molar-refractivity contribution is 5.97. The molecular formula is C17H24FN3O3. The summed E-state index contributed by atoms with van der Waals surface area (Å²) in [7, 11) is 0. The number of halogens is 1. The Kier molecular flexibility index (Phi) is 5.65. The number of carbonyl (C=O) groups excluding carboxylic acids is 1. The van der Waals surface area contributed by atoms with Crippen LogP contribution < -0.4 is 0 Å². The molecule has 0 spiro atoms. The molecule has 0 atom stereocenters. The van der Waals surface area contributed by atoms with E-state index in [1.54, 1.807) is 4.90 Å². The molecule has 2 aliphatic heterocycles. The molecular weight excluding hydrogens is 313 g/mol. The van der Waals surface area contributed by atoms with Gasteiger partial charge in [-0.1, -0.05) is 6.07 Å². The summed E-state index contributed by atoms with van der Waals surface area (Å²) in [5.74, 6) is -1.40. The van der Waals surface area contributed by atoms with Gasteiger partial charge in [-0.05, 0) is 12.1 Å². The first kappa shape index (κ1) is 17.1. The molecule has 2 aliphatic rings. The number of nitrogens with zero attached hydrogens (tertiary/aromatic N) is 3. The predicted molar refractivity (Wildman–Crippen MR) is 87.7 cm³/mol. The van der Waals surface area contributed by atoms with E-state index in [1.165, 1.54) is 18.2 Å². The van der Waals surface area contributed by atoms with Crippen LogP contribution in [0.3, 0.4) is 0 Å². The van der Waals surface area contributed by atoms with Crippen molar-refractivity contribution in [3.8, 4) is 5.75 Å². The second-order valence-corrected chi connectivity index (χ2v) is 6.22. The van der Waals surface area contributed by atoms with Crippen molar-refractivity contribution in [2.24, 2.45) is 0 Å². The van der Waals surface area contributed by atoms with E-state index in [0.29, 0.717) is 13.1 Å². The minimum Gasteiger partial charge on any atom is -0.507 e. The van der Waals surface area contributed by atoms with Crippen molar-refractivity contribution in [1.29, 1.82) is 0 Å². The van der Waals surface area contributed by atoms with Crippen LogP contribution in [0.4, 0.5) is 4.39 Å². The summed E-state index contributed by atoms with van der Waals surface area (Å²) < 4.78 is 19.2. The summed E-state index contributed by atoms with van der Waals surface area (Å²) in [6.45, 7) is 8.17. The minimum atomic E-state index is -0.672. The zero-order chi connectivity index (χ0) is 16.9. The lowest BCUT2D eigenvalue weighted by Gasteiger charge is -2.36. The highest BCUT2D eigenvalue weighted by Crippen LogP contribution is 2.22. The number of phenols is 1. The lowest BCUT2D eigenvalue weighted by atomic mass is 10.1. The second kappa shape index (κ2) is 7.92. The summed E-state index contributed by atoms with van der Waals surface area (Å²) in [5, 5.41) is 9.76. The van der Waals surface area contributed by atoms with Crippen LogP contribution in [-0.4, -0.2) is 91.3 Å². The smallest absolute Gasteiger partial charge is 0.260 e. The normalized spacial score (nSPS) is 20.3. The van der Waals surface area contributed by atoms with Crippen LogP contribution in [0.25, 0.3) is 0 Å². The Balaban J connectivity index is 1.48. The van der Waals surface area contributed by atoms with Crippen molar-refractivity contribution in [2.75, 3.05) is 65.6 Å². The highest BCUT2D eigenvalue weighted by atomic mass is 19.1. The summed E-state index contributed by atoms with van der Waals surface area (Å²) >= 11 is 0. The number of hydrogen-bond donors (Lipinski definition) is 1. The Morgan fingerprint density at radius 3 is 2.29 bits per heavy atom. The number of phenolic OH excluding ortho intramolecular Hbond substituents is 1. The van der Waals surface area contributed by atoms with Gasteiger partial charge in [0.15, 0.2) is 0 Å². The van der Waals surface area contributed by atoms with Crippen LogP contribution in [0.2, 0.25) is 0 Å². The molecule has 0 aromatic heterocycles. The molecule has 1 N–H and O–H groups in total. The number of carbonyl (C=O) groups is 1. The average molecular weight is 337 g/mol. The number of ether oxygens (including phenoxy) is 1. The van der Waals surface area contributed by atoms with Crippen molar-refractivity contribution in [2.45, 2.75) is 0 Å². The van der Waals surface area contributed by atoms with Gasteiger partial charge in [0.05, 0.1) is 13.2 Å². The third-order valence-corrected chi connectivity index (χ3v) is 4.70. The monoisotopic (exact) mass is 337 g/mol. The first-order valence-corrected chi connectivity index (χ1v) is 8.44. The predicted octanol–water partition coefficient (Wildman–Crippen LogP) is 0.621. The van der Waals surface area contributed by atoms with E-state index in [2.05, 4.69) is 9.80 Å². The van der Waals surface area contributed by atoms with E-state index >= 15 is 0 Å². The van der Waals surface area contributed by atoms with Crippen LogP contribution >= 0.6 is 0 Å². The maximum Gasteiger partial charge on any atom is 0.260 e. The molecule has 0 aliphatic carbocycles. The Labute approximate surface area is 141 Å². The second-order valence-electron chi connectivity index (χ2n) is 6.22. The summed E-state index contributed by atoms with van der Waals surface area (Å²) in [4.78, 5) is 18.8. The molecule has 2 heterocycles. The number of rotatable bonds is 4. The first-order valence-electron chi connectivity index (χ1n) is 8.44. The zero-order valence-corrected chi connectivity index (χ0v) is 13.8. The largest absolute Gasteiger partial charge is 0.507 e. The van der Waals surface area contributed by atoms with Gasteiger partial charge < -0.3 is 14.7 Å². The number of piperazine rings is 1. The van der Waals surface area contributed by atoms with E-state index in [9.17, 15) is 14.3 Å². The average Bonchev–Trinajstić information content (AvgIpc) is 2.61. The van der Waals surface area contributed by atoms with Crippen molar-refractivity contribution in [3.05, 3.63) is 29.6 Å². The summed E-state index contributed by atoms with van der Waals surface area (Å²) in [5.41, 5.74) is -0.223. The highest BCUT2D eigenvalue weighted by Gasteiger charge is 2.26. The first-order chi connectivity index (χ1) is 11.6. The third-order valence-electron chi connectivity index (χ3n) is 4.70. The maximum absolute atomic E-state index is 13.8. The molecule has 1 aromatic carbocycles. The lowest BCUT2D eigenvalue weighted by molar-refractivity contribution is 0.0292. The van der Waals surface area contributed by atoms with Crippen LogP contribution in [0, 0.1) is 5.82 Å². The van der Waals surface area contributed by atoms with Crippen molar-refractivity contribution in [1.82, 2.24) is 14.7 Å². The molecule has 0 bridgehead atoms. The van der Waals surface area contributed by atoms with Gasteiger partial charge in [-0.15, -0.1) is 0 Å². The summed E-state index contributed by atoms with van der Waals surface area (Å²) in [6.07, 6.45) is 0. The Bertz CT molecular complexity index is 550. The zero-order valence-electron chi connectivity index (χ0n) is 13.8. The van der Waals surface area contributed by atoms with Gasteiger partial charge in [-0.2, -0.15) is 0 Å². The topological polar surface area (TPSA) is 56.2 Å². The number of hydrogen-bond acceptors (Lipinski definition) is 5. The molecule has 1 amide bonds. The number of morpholine rings is 1. The van der Waals surface area contributed by atoms with Crippen LogP contribution in [0.1, 0.15) is 10.4 Å². The van der Waals surface area contributed by atoms with E-state index in [1.807, 2.05) is 0 Å². The standard InChI is InChI=1S/C17H24FN3O3/c18-14-2-1-3-15(22)16(14)17(23)21-8-6-19(7-9-21)4-5-20-10-12-24-13-11-20/h1-3,22H,4-13H2. The fourth-order valence-corrected chi connectivity index (χ4v) is 3.16. The van der Waals surface area contributed by atoms with Crippen LogP contribution in [0.15, 0.2) is 18.2 Å². The van der Waals surface area contributed by atoms with Gasteiger partial charge in [0.25, 0.3) is 5.91 Å². The Hall–Kier alpha value is -1.70. The number of aromatic hydroxyl groups is 1. The Morgan fingerprint density at radius 2 is 1.67 bits per heavy atom. The fourth-order valence-electron chi connectivity index (χ4n) is 3.16. The molecule has 24 heavy (non-hydrogen) atoms. The quantitative estimate of drug-likeness (QED) is 0.873. The molecule has 0 unspecified atom stereocenters. The molecule has 2 fully saturated rings. The molecule has 7 heteroatoms. The van der Waals surface area contributed by atoms with Crippen molar-refractivity contribution in [3.63, 3.8) is 0 Å². The van der Waals surface area contributed by atoms with Gasteiger partial charge in [0.1, 0.15) is 17.1 Å². The van der Waals surface area contributed by atoms with Gasteiger partial charge >= 0.3 is 0 Å². The SMILES string of the molecule is O=C(c1c(O)cccc1F)N1CCN(CCN2CCOCC2)CC1. The molecule has 0 saturated carbocycles. The maximum atomic E-state index is 13.8. The molecule has 132 valence electrons. The molecule has 1 aromatic rings. The molecule has 6 nitrogen and oxygen atoms in total. The van der Waals surface area contributed by atoms with Gasteiger partial charge in [0, 0.05) is 52.4 Å². The molecule has 3 rings (SSSR count). The van der Waals surface area contributed by atoms with Crippen molar-refractivity contribution < 1.29 is 19.0 Å². The summed E-state index contributed by atoms with van der Waals surface area (Å²) in [6, 6.07) is 3.94.